The van der Waals surface area contributed by atoms with Crippen molar-refractivity contribution in [3.8, 4) is 5.75 Å². The number of sulfonamides is 1. The molecule has 2 bridgehead atoms. The van der Waals surface area contributed by atoms with Crippen molar-refractivity contribution in [3.63, 3.8) is 0 Å². The first-order valence-electron chi connectivity index (χ1n) is 12.7. The summed E-state index contributed by atoms with van der Waals surface area (Å²) in [7, 11) is -4.10. The summed E-state index contributed by atoms with van der Waals surface area (Å²) in [5, 5.41) is 12.5. The molecule has 208 valence electrons. The predicted octanol–water partition coefficient (Wildman–Crippen LogP) is 0.750. The highest BCUT2D eigenvalue weighted by atomic mass is 32.2. The summed E-state index contributed by atoms with van der Waals surface area (Å²) in [6.07, 6.45) is 1.69. The molecule has 0 spiro atoms. The van der Waals surface area contributed by atoms with Crippen LogP contribution in [0.25, 0.3) is 0 Å². The minimum absolute atomic E-state index is 0.0263. The van der Waals surface area contributed by atoms with Crippen molar-refractivity contribution in [2.24, 2.45) is 33.2 Å². The molecule has 12 nitrogen and oxygen atoms in total. The number of nitrogens with zero attached hydrogens (tertiary/aromatic N) is 1. The van der Waals surface area contributed by atoms with Gasteiger partial charge in [-0.2, -0.15) is 0 Å². The van der Waals surface area contributed by atoms with Gasteiger partial charge in [0.25, 0.3) is 5.91 Å². The van der Waals surface area contributed by atoms with Gasteiger partial charge in [-0.25, -0.2) is 13.1 Å². The van der Waals surface area contributed by atoms with Crippen molar-refractivity contribution >= 4 is 39.3 Å². The molecule has 4 atom stereocenters. The number of fused-ring (bicyclic) bond motifs is 3. The molecule has 1 aliphatic heterocycles. The number of hydrogen-bond donors (Lipinski definition) is 5. The molecular formula is C25H35N5O7S. The second-order valence-electron chi connectivity index (χ2n) is 11.0. The summed E-state index contributed by atoms with van der Waals surface area (Å²) in [6, 6.07) is 3.35. The third-order valence-corrected chi connectivity index (χ3v) is 9.93. The maximum absolute atomic E-state index is 13.1. The van der Waals surface area contributed by atoms with Crippen LogP contribution in [0.1, 0.15) is 51.5 Å². The smallest absolute Gasteiger partial charge is 0.322 e. The summed E-state index contributed by atoms with van der Waals surface area (Å²) >= 11 is 0. The van der Waals surface area contributed by atoms with Crippen LogP contribution in [0.3, 0.4) is 0 Å². The zero-order chi connectivity index (χ0) is 27.9. The monoisotopic (exact) mass is 549 g/mol. The molecule has 2 fully saturated rings. The van der Waals surface area contributed by atoms with Gasteiger partial charge in [0.2, 0.25) is 10.0 Å². The SMILES string of the molecule is CC1(C)C2CC[C@]1(CS(=O)(=O)N[C@@H](Cc1ccc3c(c1)NC(=O)C(CCCN=C(N)N)O3)C(=O)O)C(=O)C2. The number of nitrogens with two attached hydrogens (primary N) is 2. The normalized spacial score (nSPS) is 26.3. The Balaban J connectivity index is 1.43. The van der Waals surface area contributed by atoms with Crippen LogP contribution in [0.5, 0.6) is 5.75 Å². The number of anilines is 1. The van der Waals surface area contributed by atoms with Crippen LogP contribution in [0.2, 0.25) is 0 Å². The van der Waals surface area contributed by atoms with E-state index < -0.39 is 44.7 Å². The van der Waals surface area contributed by atoms with Gasteiger partial charge in [-0.15, -0.1) is 0 Å². The van der Waals surface area contributed by atoms with E-state index in [0.29, 0.717) is 49.2 Å². The average molecular weight is 550 g/mol. The summed E-state index contributed by atoms with van der Waals surface area (Å²) in [5.74, 6) is -1.64. The first-order chi connectivity index (χ1) is 17.7. The van der Waals surface area contributed by atoms with Crippen molar-refractivity contribution < 1.29 is 32.6 Å². The molecule has 1 heterocycles. The Morgan fingerprint density at radius 3 is 2.66 bits per heavy atom. The number of Topliss-reactive ketones (excluding diaryl/α,β-unsaturated/α-hetero) is 1. The van der Waals surface area contributed by atoms with Crippen LogP contribution in [-0.4, -0.2) is 61.6 Å². The Hall–Kier alpha value is -3.19. The molecule has 1 amide bonds. The molecule has 2 aliphatic carbocycles. The number of amides is 1. The lowest BCUT2D eigenvalue weighted by Gasteiger charge is -2.36. The fraction of sp³-hybridized carbons (Fsp3) is 0.600. The number of guanidine groups is 1. The lowest BCUT2D eigenvalue weighted by molar-refractivity contribution is -0.139. The van der Waals surface area contributed by atoms with E-state index in [4.69, 9.17) is 16.2 Å². The van der Waals surface area contributed by atoms with E-state index >= 15 is 0 Å². The van der Waals surface area contributed by atoms with Crippen LogP contribution in [0.15, 0.2) is 23.2 Å². The van der Waals surface area contributed by atoms with Crippen molar-refractivity contribution in [2.45, 2.75) is 64.5 Å². The number of carboxylic acids is 1. The third-order valence-electron chi connectivity index (χ3n) is 8.42. The minimum Gasteiger partial charge on any atom is -0.480 e. The van der Waals surface area contributed by atoms with E-state index in [0.717, 1.165) is 6.42 Å². The molecule has 0 aromatic heterocycles. The van der Waals surface area contributed by atoms with Gasteiger partial charge in [-0.1, -0.05) is 19.9 Å². The van der Waals surface area contributed by atoms with E-state index in [1.165, 1.54) is 0 Å². The Morgan fingerprint density at radius 1 is 1.32 bits per heavy atom. The number of rotatable bonds is 11. The first-order valence-corrected chi connectivity index (χ1v) is 14.3. The number of ether oxygens (including phenoxy) is 1. The number of benzene rings is 1. The Kier molecular flexibility index (Phi) is 7.45. The van der Waals surface area contributed by atoms with E-state index in [1.807, 2.05) is 13.8 Å². The van der Waals surface area contributed by atoms with E-state index in [2.05, 4.69) is 15.0 Å². The van der Waals surface area contributed by atoms with Gasteiger partial charge in [0.15, 0.2) is 12.1 Å². The molecular weight excluding hydrogens is 514 g/mol. The van der Waals surface area contributed by atoms with E-state index in [1.54, 1.807) is 18.2 Å². The average Bonchev–Trinajstić information content (AvgIpc) is 3.15. The van der Waals surface area contributed by atoms with Crippen molar-refractivity contribution in [1.82, 2.24) is 4.72 Å². The third kappa shape index (κ3) is 5.35. The molecule has 2 saturated carbocycles. The molecule has 3 aliphatic rings. The summed E-state index contributed by atoms with van der Waals surface area (Å²) in [6.45, 7) is 4.22. The van der Waals surface area contributed by atoms with Gasteiger partial charge >= 0.3 is 5.97 Å². The van der Waals surface area contributed by atoms with Crippen LogP contribution in [0.4, 0.5) is 5.69 Å². The van der Waals surface area contributed by atoms with E-state index in [9.17, 15) is 27.9 Å². The van der Waals surface area contributed by atoms with E-state index in [-0.39, 0.29) is 30.0 Å². The van der Waals surface area contributed by atoms with Crippen molar-refractivity contribution in [3.05, 3.63) is 23.8 Å². The molecule has 13 heteroatoms. The maximum Gasteiger partial charge on any atom is 0.322 e. The topological polar surface area (TPSA) is 203 Å². The van der Waals surface area contributed by atoms with Gasteiger partial charge in [0.1, 0.15) is 17.6 Å². The van der Waals surface area contributed by atoms with Crippen LogP contribution >= 0.6 is 0 Å². The second-order valence-corrected chi connectivity index (χ2v) is 12.8. The number of aliphatic imine (C=N–C) groups is 1. The molecule has 7 N–H and O–H groups in total. The lowest BCUT2D eigenvalue weighted by atomic mass is 9.70. The number of carbonyl (C=O) groups is 3. The fourth-order valence-corrected chi connectivity index (χ4v) is 8.13. The van der Waals surface area contributed by atoms with Crippen LogP contribution in [-0.2, 0) is 30.8 Å². The molecule has 1 aromatic carbocycles. The van der Waals surface area contributed by atoms with Crippen LogP contribution in [0, 0.1) is 16.7 Å². The minimum atomic E-state index is -4.10. The number of carbonyl (C=O) groups excluding carboxylic acids is 2. The standard InChI is InChI=1S/C25H35N5O7S/c1-24(2)15-7-8-25(24,20(31)12-15)13-38(35,36)30-17(22(33)34)11-14-5-6-18-16(10-14)29-21(32)19(37-18)4-3-9-28-23(26)27/h5-6,10,15,17,19,30H,3-4,7-9,11-13H2,1-2H3,(H,29,32)(H,33,34)(H4,26,27,28)/t15?,17-,19?,25-/m0/s1. The molecule has 38 heavy (non-hydrogen) atoms. The molecule has 4 rings (SSSR count). The number of ketones is 1. The van der Waals surface area contributed by atoms with Crippen molar-refractivity contribution in [2.75, 3.05) is 17.6 Å². The highest BCUT2D eigenvalue weighted by Gasteiger charge is 2.65. The number of nitrogens with one attached hydrogen (secondary N) is 2. The van der Waals surface area contributed by atoms with Gasteiger partial charge in [0, 0.05) is 18.4 Å². The summed E-state index contributed by atoms with van der Waals surface area (Å²) in [4.78, 5) is 41.1. The maximum atomic E-state index is 13.1. The van der Waals surface area contributed by atoms with Gasteiger partial charge in [-0.3, -0.25) is 19.4 Å². The molecule has 0 radical (unpaired) electrons. The van der Waals surface area contributed by atoms with Crippen molar-refractivity contribution in [1.29, 1.82) is 0 Å². The highest BCUT2D eigenvalue weighted by molar-refractivity contribution is 7.89. The number of aliphatic carboxylic acids is 1. The zero-order valence-electron chi connectivity index (χ0n) is 21.5. The molecule has 0 saturated heterocycles. The largest absolute Gasteiger partial charge is 0.480 e. The predicted molar refractivity (Wildman–Crippen MR) is 140 cm³/mol. The Labute approximate surface area is 221 Å². The van der Waals surface area contributed by atoms with Gasteiger partial charge in [-0.05, 0) is 61.1 Å². The van der Waals surface area contributed by atoms with Gasteiger partial charge < -0.3 is 26.6 Å². The quantitative estimate of drug-likeness (QED) is 0.150. The molecule has 1 aromatic rings. The molecule has 2 unspecified atom stereocenters. The number of carboxylic acid groups (broad SMARTS) is 1. The Bertz CT molecular complexity index is 1270. The fourth-order valence-electron chi connectivity index (χ4n) is 6.11. The lowest BCUT2D eigenvalue weighted by Crippen LogP contribution is -2.49. The second kappa shape index (κ2) is 10.2. The first kappa shape index (κ1) is 27.8. The van der Waals surface area contributed by atoms with Gasteiger partial charge in [0.05, 0.1) is 11.4 Å². The summed E-state index contributed by atoms with van der Waals surface area (Å²) in [5.41, 5.74) is 10.00. The number of hydrogen-bond acceptors (Lipinski definition) is 7. The summed E-state index contributed by atoms with van der Waals surface area (Å²) < 4.78 is 34.4. The zero-order valence-corrected chi connectivity index (χ0v) is 22.3. The van der Waals surface area contributed by atoms with Crippen LogP contribution < -0.4 is 26.2 Å². The highest BCUT2D eigenvalue weighted by Crippen LogP contribution is 2.64. The Morgan fingerprint density at radius 2 is 2.05 bits per heavy atom.